The Morgan fingerprint density at radius 2 is 2.05 bits per heavy atom. The highest BCUT2D eigenvalue weighted by atomic mass is 19.1. The minimum absolute atomic E-state index is 0.240. The van der Waals surface area contributed by atoms with Crippen LogP contribution in [-0.4, -0.2) is 18.2 Å². The molecule has 1 aliphatic rings. The summed E-state index contributed by atoms with van der Waals surface area (Å²) < 4.78 is 13.7. The molecule has 0 unspecified atom stereocenters. The van der Waals surface area contributed by atoms with Gasteiger partial charge in [-0.05, 0) is 49.8 Å². The zero-order valence-electron chi connectivity index (χ0n) is 12.3. The van der Waals surface area contributed by atoms with Crippen LogP contribution in [0.3, 0.4) is 0 Å². The zero-order valence-corrected chi connectivity index (χ0v) is 12.3. The van der Waals surface area contributed by atoms with Gasteiger partial charge >= 0.3 is 0 Å². The van der Waals surface area contributed by atoms with Crippen LogP contribution < -0.4 is 4.90 Å². The highest BCUT2D eigenvalue weighted by Gasteiger charge is 2.28. The fourth-order valence-corrected chi connectivity index (χ4v) is 2.92. The predicted octanol–water partition coefficient (Wildman–Crippen LogP) is 3.81. The highest BCUT2D eigenvalue weighted by molar-refractivity contribution is 5.57. The van der Waals surface area contributed by atoms with Crippen LogP contribution >= 0.6 is 0 Å². The minimum atomic E-state index is -0.643. The fourth-order valence-electron chi connectivity index (χ4n) is 2.92. The predicted molar refractivity (Wildman–Crippen MR) is 77.0 cm³/mol. The van der Waals surface area contributed by atoms with Crippen molar-refractivity contribution in [3.8, 4) is 0 Å². The third kappa shape index (κ3) is 3.08. The number of benzene rings is 1. The van der Waals surface area contributed by atoms with Gasteiger partial charge in [0.05, 0.1) is 6.10 Å². The second-order valence-electron chi connectivity index (χ2n) is 6.53. The van der Waals surface area contributed by atoms with Crippen LogP contribution in [0.15, 0.2) is 12.1 Å². The number of aryl methyl sites for hydroxylation is 1. The number of nitrogens with zero attached hydrogens (tertiary/aromatic N) is 1. The van der Waals surface area contributed by atoms with Crippen LogP contribution in [0, 0.1) is 18.2 Å². The summed E-state index contributed by atoms with van der Waals surface area (Å²) in [6.45, 7) is 9.93. The second kappa shape index (κ2) is 5.12. The summed E-state index contributed by atoms with van der Waals surface area (Å²) in [4.78, 5) is 2.29. The number of rotatable bonds is 2. The number of hydrogen-bond donors (Lipinski definition) is 1. The Morgan fingerprint density at radius 3 is 2.63 bits per heavy atom. The summed E-state index contributed by atoms with van der Waals surface area (Å²) in [5, 5.41) is 9.89. The van der Waals surface area contributed by atoms with Crippen LogP contribution in [0.25, 0.3) is 0 Å². The van der Waals surface area contributed by atoms with Crippen LogP contribution in [0.1, 0.15) is 50.8 Å². The van der Waals surface area contributed by atoms with Gasteiger partial charge in [0.2, 0.25) is 0 Å². The zero-order chi connectivity index (χ0) is 14.2. The lowest BCUT2D eigenvalue weighted by molar-refractivity contribution is 0.198. The van der Waals surface area contributed by atoms with E-state index in [0.29, 0.717) is 11.1 Å². The van der Waals surface area contributed by atoms with Crippen molar-refractivity contribution in [3.63, 3.8) is 0 Å². The van der Waals surface area contributed by atoms with Gasteiger partial charge in [-0.2, -0.15) is 0 Å². The first kappa shape index (κ1) is 14.3. The number of aliphatic hydroxyl groups is 1. The number of piperidine rings is 1. The number of anilines is 1. The van der Waals surface area contributed by atoms with E-state index < -0.39 is 6.10 Å². The molecule has 1 saturated heterocycles. The minimum Gasteiger partial charge on any atom is -0.389 e. The van der Waals surface area contributed by atoms with Gasteiger partial charge in [0.1, 0.15) is 5.82 Å². The molecule has 0 saturated carbocycles. The standard InChI is InChI=1S/C16H24FNO/c1-11-8-15(13(12(2)19)9-14(11)17)18-7-5-6-16(3,4)10-18/h8-9,12,19H,5-7,10H2,1-4H3/t12-/m1/s1. The Hall–Kier alpha value is -1.09. The molecule has 0 bridgehead atoms. The summed E-state index contributed by atoms with van der Waals surface area (Å²) in [7, 11) is 0. The molecule has 19 heavy (non-hydrogen) atoms. The molecule has 1 N–H and O–H groups in total. The number of hydrogen-bond acceptors (Lipinski definition) is 2. The first-order chi connectivity index (χ1) is 8.80. The van der Waals surface area contributed by atoms with Crippen LogP contribution in [0.4, 0.5) is 10.1 Å². The van der Waals surface area contributed by atoms with Crippen molar-refractivity contribution in [2.75, 3.05) is 18.0 Å². The average Bonchev–Trinajstić information content (AvgIpc) is 2.30. The molecule has 1 fully saturated rings. The number of aliphatic hydroxyl groups excluding tert-OH is 1. The molecule has 106 valence electrons. The molecule has 0 radical (unpaired) electrons. The van der Waals surface area contributed by atoms with E-state index in [-0.39, 0.29) is 11.2 Å². The quantitative estimate of drug-likeness (QED) is 0.879. The van der Waals surface area contributed by atoms with Crippen LogP contribution in [0.2, 0.25) is 0 Å². The van der Waals surface area contributed by atoms with Gasteiger partial charge in [-0.3, -0.25) is 0 Å². The van der Waals surface area contributed by atoms with Gasteiger partial charge in [-0.25, -0.2) is 4.39 Å². The molecule has 2 nitrogen and oxygen atoms in total. The van der Waals surface area contributed by atoms with Gasteiger partial charge in [0.15, 0.2) is 0 Å². The van der Waals surface area contributed by atoms with Crippen LogP contribution in [-0.2, 0) is 0 Å². The molecule has 1 aromatic carbocycles. The van der Waals surface area contributed by atoms with Crippen molar-refractivity contribution in [1.82, 2.24) is 0 Å². The second-order valence-corrected chi connectivity index (χ2v) is 6.53. The van der Waals surface area contributed by atoms with E-state index in [2.05, 4.69) is 18.7 Å². The summed E-state index contributed by atoms with van der Waals surface area (Å²) in [5.41, 5.74) is 2.60. The SMILES string of the molecule is Cc1cc(N2CCCC(C)(C)C2)c([C@@H](C)O)cc1F. The summed E-state index contributed by atoms with van der Waals surface area (Å²) >= 11 is 0. The van der Waals surface area contributed by atoms with Crippen molar-refractivity contribution in [2.24, 2.45) is 5.41 Å². The van der Waals surface area contributed by atoms with Gasteiger partial charge in [0.25, 0.3) is 0 Å². The normalized spacial score (nSPS) is 20.4. The maximum Gasteiger partial charge on any atom is 0.126 e. The molecule has 1 aliphatic heterocycles. The Balaban J connectivity index is 2.40. The van der Waals surface area contributed by atoms with Crippen molar-refractivity contribution in [3.05, 3.63) is 29.1 Å². The Labute approximate surface area is 115 Å². The smallest absolute Gasteiger partial charge is 0.126 e. The Morgan fingerprint density at radius 1 is 1.37 bits per heavy atom. The maximum atomic E-state index is 13.7. The third-order valence-corrected chi connectivity index (χ3v) is 4.00. The van der Waals surface area contributed by atoms with Crippen LogP contribution in [0.5, 0.6) is 0 Å². The molecule has 0 amide bonds. The molecule has 0 aromatic heterocycles. The Kier molecular flexibility index (Phi) is 3.86. The van der Waals surface area contributed by atoms with Crippen molar-refractivity contribution < 1.29 is 9.50 Å². The van der Waals surface area contributed by atoms with Gasteiger partial charge in [-0.15, -0.1) is 0 Å². The summed E-state index contributed by atoms with van der Waals surface area (Å²) in [5.74, 6) is -0.240. The van der Waals surface area contributed by atoms with Gasteiger partial charge < -0.3 is 10.0 Å². The molecule has 1 aromatic rings. The molecule has 3 heteroatoms. The Bertz CT molecular complexity index is 468. The fraction of sp³-hybridized carbons (Fsp3) is 0.625. The molecule has 1 atom stereocenters. The lowest BCUT2D eigenvalue weighted by Gasteiger charge is -2.40. The molecule has 1 heterocycles. The van der Waals surface area contributed by atoms with E-state index in [0.717, 1.165) is 25.2 Å². The first-order valence-electron chi connectivity index (χ1n) is 7.03. The molecular weight excluding hydrogens is 241 g/mol. The van der Waals surface area contributed by atoms with Gasteiger partial charge in [-0.1, -0.05) is 13.8 Å². The lowest BCUT2D eigenvalue weighted by Crippen LogP contribution is -2.40. The first-order valence-corrected chi connectivity index (χ1v) is 7.03. The lowest BCUT2D eigenvalue weighted by atomic mass is 9.83. The van der Waals surface area contributed by atoms with E-state index >= 15 is 0 Å². The summed E-state index contributed by atoms with van der Waals surface area (Å²) in [6, 6.07) is 3.36. The topological polar surface area (TPSA) is 23.5 Å². The third-order valence-electron chi connectivity index (χ3n) is 4.00. The van der Waals surface area contributed by atoms with Crippen molar-refractivity contribution in [1.29, 1.82) is 0 Å². The molecule has 2 rings (SSSR count). The van der Waals surface area contributed by atoms with E-state index in [4.69, 9.17) is 0 Å². The van der Waals surface area contributed by atoms with Gasteiger partial charge in [0, 0.05) is 24.3 Å². The monoisotopic (exact) mass is 265 g/mol. The largest absolute Gasteiger partial charge is 0.389 e. The maximum absolute atomic E-state index is 13.7. The average molecular weight is 265 g/mol. The highest BCUT2D eigenvalue weighted by Crippen LogP contribution is 2.36. The van der Waals surface area contributed by atoms with E-state index in [1.54, 1.807) is 13.8 Å². The molecule has 0 spiro atoms. The molecular formula is C16H24FNO. The van der Waals surface area contributed by atoms with E-state index in [9.17, 15) is 9.50 Å². The number of halogens is 1. The van der Waals surface area contributed by atoms with E-state index in [1.807, 2.05) is 6.07 Å². The van der Waals surface area contributed by atoms with Crippen molar-refractivity contribution >= 4 is 5.69 Å². The molecule has 0 aliphatic carbocycles. The van der Waals surface area contributed by atoms with Crippen molar-refractivity contribution in [2.45, 2.75) is 46.6 Å². The van der Waals surface area contributed by atoms with E-state index in [1.165, 1.54) is 12.5 Å². The summed E-state index contributed by atoms with van der Waals surface area (Å²) in [6.07, 6.45) is 1.71.